The zero-order chi connectivity index (χ0) is 21.2. The third-order valence-electron chi connectivity index (χ3n) is 5.26. The zero-order valence-electron chi connectivity index (χ0n) is 15.9. The van der Waals surface area contributed by atoms with E-state index in [1.54, 1.807) is 36.4 Å². The first kappa shape index (κ1) is 19.1. The van der Waals surface area contributed by atoms with E-state index >= 15 is 0 Å². The first-order valence-electron chi connectivity index (χ1n) is 9.15. The molecule has 0 spiro atoms. The fourth-order valence-corrected chi connectivity index (χ4v) is 4.99. The molecule has 1 unspecified atom stereocenters. The molecule has 1 aliphatic rings. The second kappa shape index (κ2) is 6.85. The van der Waals surface area contributed by atoms with Crippen LogP contribution in [0.5, 0.6) is 0 Å². The molecule has 5 nitrogen and oxygen atoms in total. The normalized spacial score (nSPS) is 15.8. The number of hydrogen-bond acceptors (Lipinski definition) is 5. The summed E-state index contributed by atoms with van der Waals surface area (Å²) in [6.07, 6.45) is 0. The molecule has 1 atom stereocenters. The summed E-state index contributed by atoms with van der Waals surface area (Å²) in [5.41, 5.74) is 1.06. The van der Waals surface area contributed by atoms with Crippen molar-refractivity contribution in [2.24, 2.45) is 0 Å². The van der Waals surface area contributed by atoms with Gasteiger partial charge in [0.1, 0.15) is 17.4 Å². The number of thiazole rings is 1. The summed E-state index contributed by atoms with van der Waals surface area (Å²) in [4.78, 5) is 33.7. The summed E-state index contributed by atoms with van der Waals surface area (Å²) in [7, 11) is 0. The van der Waals surface area contributed by atoms with Crippen LogP contribution in [0.4, 0.5) is 9.52 Å². The van der Waals surface area contributed by atoms with Crippen LogP contribution in [-0.2, 0) is 0 Å². The van der Waals surface area contributed by atoms with Crippen molar-refractivity contribution in [3.8, 4) is 0 Å². The van der Waals surface area contributed by atoms with Gasteiger partial charge in [-0.25, -0.2) is 9.37 Å². The van der Waals surface area contributed by atoms with E-state index in [1.165, 1.54) is 22.3 Å². The Morgan fingerprint density at radius 2 is 1.93 bits per heavy atom. The number of carbonyl (C=O) groups is 1. The molecule has 0 saturated carbocycles. The maximum Gasteiger partial charge on any atom is 0.297 e. The van der Waals surface area contributed by atoms with Crippen LogP contribution >= 0.6 is 27.3 Å². The quantitative estimate of drug-likeness (QED) is 0.375. The van der Waals surface area contributed by atoms with Crippen LogP contribution in [-0.4, -0.2) is 10.9 Å². The van der Waals surface area contributed by atoms with Crippen molar-refractivity contribution in [3.63, 3.8) is 0 Å². The fourth-order valence-electron chi connectivity index (χ4n) is 3.69. The molecule has 0 N–H and O–H groups in total. The van der Waals surface area contributed by atoms with Crippen molar-refractivity contribution >= 4 is 49.3 Å². The number of halogens is 2. The molecule has 1 aliphatic heterocycles. The lowest BCUT2D eigenvalue weighted by Gasteiger charge is -2.22. The summed E-state index contributed by atoms with van der Waals surface area (Å²) in [5, 5.41) is 0.727. The van der Waals surface area contributed by atoms with Crippen LogP contribution < -0.4 is 10.3 Å². The minimum atomic E-state index is -0.960. The van der Waals surface area contributed by atoms with Crippen LogP contribution in [0.3, 0.4) is 0 Å². The van der Waals surface area contributed by atoms with Gasteiger partial charge in [0.2, 0.25) is 5.76 Å². The lowest BCUT2D eigenvalue weighted by molar-refractivity contribution is 0.0970. The average molecular weight is 485 g/mol. The summed E-state index contributed by atoms with van der Waals surface area (Å²) in [6.45, 7) is 3.74. The highest BCUT2D eigenvalue weighted by Crippen LogP contribution is 2.43. The van der Waals surface area contributed by atoms with Gasteiger partial charge in [0.05, 0.1) is 16.6 Å². The Morgan fingerprint density at radius 3 is 2.63 bits per heavy atom. The molecular formula is C22H14BrFN2O3S. The van der Waals surface area contributed by atoms with E-state index < -0.39 is 17.8 Å². The Bertz CT molecular complexity index is 1390. The monoisotopic (exact) mass is 484 g/mol. The predicted octanol–water partition coefficient (Wildman–Crippen LogP) is 5.52. The summed E-state index contributed by atoms with van der Waals surface area (Å²) < 4.78 is 21.4. The Hall–Kier alpha value is -2.84. The number of aromatic nitrogens is 1. The van der Waals surface area contributed by atoms with Crippen molar-refractivity contribution in [1.29, 1.82) is 0 Å². The number of anilines is 1. The van der Waals surface area contributed by atoms with Crippen LogP contribution in [0, 0.1) is 19.7 Å². The topological polar surface area (TPSA) is 63.4 Å². The molecule has 0 bridgehead atoms. The summed E-state index contributed by atoms with van der Waals surface area (Å²) in [6, 6.07) is 10.2. The van der Waals surface area contributed by atoms with Gasteiger partial charge in [-0.1, -0.05) is 34.1 Å². The average Bonchev–Trinajstić information content (AvgIpc) is 3.19. The molecule has 30 heavy (non-hydrogen) atoms. The van der Waals surface area contributed by atoms with Gasteiger partial charge in [-0.2, -0.15) is 0 Å². The van der Waals surface area contributed by atoms with Gasteiger partial charge >= 0.3 is 0 Å². The second-order valence-electron chi connectivity index (χ2n) is 7.05. The lowest BCUT2D eigenvalue weighted by Crippen LogP contribution is -2.30. The number of carbonyl (C=O) groups excluding carboxylic acids is 1. The molecule has 4 aromatic rings. The van der Waals surface area contributed by atoms with Gasteiger partial charge in [-0.3, -0.25) is 14.5 Å². The highest BCUT2D eigenvalue weighted by Gasteiger charge is 2.45. The van der Waals surface area contributed by atoms with Crippen molar-refractivity contribution in [2.75, 3.05) is 4.90 Å². The first-order chi connectivity index (χ1) is 14.4. The molecule has 3 heterocycles. The van der Waals surface area contributed by atoms with E-state index in [9.17, 15) is 14.0 Å². The van der Waals surface area contributed by atoms with Crippen LogP contribution in [0.25, 0.3) is 11.0 Å². The molecule has 1 amide bonds. The van der Waals surface area contributed by atoms with Crippen molar-refractivity contribution in [3.05, 3.63) is 90.4 Å². The maximum absolute atomic E-state index is 14.9. The fraction of sp³-hybridized carbons (Fsp3) is 0.136. The third kappa shape index (κ3) is 2.74. The van der Waals surface area contributed by atoms with Gasteiger partial charge in [-0.05, 0) is 38.1 Å². The summed E-state index contributed by atoms with van der Waals surface area (Å²) in [5.74, 6) is -1.09. The van der Waals surface area contributed by atoms with E-state index in [0.29, 0.717) is 20.6 Å². The summed E-state index contributed by atoms with van der Waals surface area (Å²) >= 11 is 4.69. The number of hydrogen-bond donors (Lipinski definition) is 0. The number of nitrogens with zero attached hydrogens (tertiary/aromatic N) is 2. The Balaban J connectivity index is 1.85. The van der Waals surface area contributed by atoms with E-state index in [1.807, 2.05) is 13.8 Å². The van der Waals surface area contributed by atoms with E-state index in [0.717, 1.165) is 10.6 Å². The molecule has 150 valence electrons. The number of rotatable bonds is 2. The minimum Gasteiger partial charge on any atom is -0.450 e. The standard InChI is InChI=1S/C22H14BrFN2O3S/c1-10-11(2)30-22(25-10)26-18(13-5-3-4-6-15(13)24)17-19(27)14-9-12(23)7-8-16(14)29-20(17)21(26)28/h3-9,18H,1-2H3. The molecule has 2 aromatic heterocycles. The highest BCUT2D eigenvalue weighted by atomic mass is 79.9. The smallest absolute Gasteiger partial charge is 0.297 e. The Kier molecular flexibility index (Phi) is 4.37. The Labute approximate surface area is 182 Å². The van der Waals surface area contributed by atoms with Gasteiger partial charge in [0, 0.05) is 14.9 Å². The van der Waals surface area contributed by atoms with E-state index in [-0.39, 0.29) is 22.3 Å². The second-order valence-corrected chi connectivity index (χ2v) is 9.15. The molecule has 8 heteroatoms. The number of benzene rings is 2. The number of amides is 1. The maximum atomic E-state index is 14.9. The largest absolute Gasteiger partial charge is 0.450 e. The molecule has 0 saturated heterocycles. The van der Waals surface area contributed by atoms with Gasteiger partial charge in [0.25, 0.3) is 5.91 Å². The van der Waals surface area contributed by atoms with E-state index in [2.05, 4.69) is 20.9 Å². The number of aryl methyl sites for hydroxylation is 2. The SMILES string of the molecule is Cc1nc(N2C(=O)c3oc4ccc(Br)cc4c(=O)c3C2c2ccccc2F)sc1C. The van der Waals surface area contributed by atoms with Gasteiger partial charge in [-0.15, -0.1) is 11.3 Å². The number of fused-ring (bicyclic) bond motifs is 2. The molecule has 2 aromatic carbocycles. The van der Waals surface area contributed by atoms with Crippen molar-refractivity contribution in [1.82, 2.24) is 4.98 Å². The lowest BCUT2D eigenvalue weighted by atomic mass is 9.98. The predicted molar refractivity (Wildman–Crippen MR) is 117 cm³/mol. The first-order valence-corrected chi connectivity index (χ1v) is 10.8. The highest BCUT2D eigenvalue weighted by molar-refractivity contribution is 9.10. The third-order valence-corrected chi connectivity index (χ3v) is 6.82. The Morgan fingerprint density at radius 1 is 1.17 bits per heavy atom. The van der Waals surface area contributed by atoms with Crippen LogP contribution in [0.1, 0.15) is 38.3 Å². The van der Waals surface area contributed by atoms with Crippen molar-refractivity contribution in [2.45, 2.75) is 19.9 Å². The minimum absolute atomic E-state index is 0.0754. The van der Waals surface area contributed by atoms with Crippen LogP contribution in [0.15, 0.2) is 56.1 Å². The molecule has 0 aliphatic carbocycles. The van der Waals surface area contributed by atoms with Gasteiger partial charge < -0.3 is 4.42 Å². The zero-order valence-corrected chi connectivity index (χ0v) is 18.3. The molecular weight excluding hydrogens is 471 g/mol. The molecule has 0 fully saturated rings. The van der Waals surface area contributed by atoms with Crippen LogP contribution in [0.2, 0.25) is 0 Å². The molecule has 5 rings (SSSR count). The van der Waals surface area contributed by atoms with Gasteiger partial charge in [0.15, 0.2) is 10.6 Å². The molecule has 0 radical (unpaired) electrons. The van der Waals surface area contributed by atoms with Crippen molar-refractivity contribution < 1.29 is 13.6 Å². The van der Waals surface area contributed by atoms with E-state index in [4.69, 9.17) is 4.42 Å².